The van der Waals surface area contributed by atoms with E-state index in [4.69, 9.17) is 19.4 Å². The molecular formula is C42H28ClMnN6O4S2-. The van der Waals surface area contributed by atoms with Gasteiger partial charge >= 0.3 is 11.9 Å². The average molecular weight is 835 g/mol. The van der Waals surface area contributed by atoms with Gasteiger partial charge in [-0.05, 0) is 84.0 Å². The van der Waals surface area contributed by atoms with Crippen LogP contribution in [0.2, 0.25) is 0 Å². The first kappa shape index (κ1) is 38.3. The Kier molecular flexibility index (Phi) is 11.0. The Labute approximate surface area is 345 Å². The third-order valence-electron chi connectivity index (χ3n) is 9.30. The van der Waals surface area contributed by atoms with Crippen molar-refractivity contribution in [2.24, 2.45) is 0 Å². The third-order valence-corrected chi connectivity index (χ3v) is 10.9. The number of hydrogen-bond donors (Lipinski definition) is 2. The van der Waals surface area contributed by atoms with Crippen LogP contribution in [0.5, 0.6) is 0 Å². The Morgan fingerprint density at radius 2 is 0.857 bits per heavy atom. The summed E-state index contributed by atoms with van der Waals surface area (Å²) in [7, 11) is 2.74. The van der Waals surface area contributed by atoms with Crippen LogP contribution in [-0.4, -0.2) is 56.1 Å². The van der Waals surface area contributed by atoms with Crippen molar-refractivity contribution in [1.82, 2.24) is 29.9 Å². The van der Waals surface area contributed by atoms with Crippen molar-refractivity contribution in [3.8, 4) is 43.1 Å². The molecule has 14 heteroatoms. The number of rotatable bonds is 6. The maximum atomic E-state index is 12.3. The molecule has 0 saturated carbocycles. The number of halogens is 1. The van der Waals surface area contributed by atoms with E-state index in [1.165, 1.54) is 36.9 Å². The molecule has 7 aromatic rings. The smallest absolute Gasteiger partial charge is 0.337 e. The summed E-state index contributed by atoms with van der Waals surface area (Å²) in [6, 6.07) is 22.9. The third kappa shape index (κ3) is 6.91. The van der Waals surface area contributed by atoms with Gasteiger partial charge in [-0.2, -0.15) is 0 Å². The second-order valence-corrected chi connectivity index (χ2v) is 14.1. The number of fused-ring (bicyclic) bond motifs is 8. The number of carbonyl (C=O) groups is 2. The molecule has 2 aliphatic heterocycles. The van der Waals surface area contributed by atoms with E-state index in [0.717, 1.165) is 88.0 Å². The first-order valence-electron chi connectivity index (χ1n) is 16.8. The molecule has 0 unspecified atom stereocenters. The molecule has 5 aromatic heterocycles. The quantitative estimate of drug-likeness (QED) is 0.138. The van der Waals surface area contributed by atoms with Crippen LogP contribution in [-0.2, 0) is 26.5 Å². The molecule has 10 nitrogen and oxygen atoms in total. The van der Waals surface area contributed by atoms with Crippen LogP contribution in [0.4, 0.5) is 0 Å². The summed E-state index contributed by atoms with van der Waals surface area (Å²) in [4.78, 5) is 53.3. The number of hydrogen-bond acceptors (Lipinski definition) is 10. The fraction of sp³-hybridized carbons (Fsp3) is 0.0476. The predicted molar refractivity (Wildman–Crippen MR) is 215 cm³/mol. The summed E-state index contributed by atoms with van der Waals surface area (Å²) in [5.41, 5.74) is 16.2. The van der Waals surface area contributed by atoms with Crippen LogP contribution in [0.15, 0.2) is 96.2 Å². The Balaban J connectivity index is 0.00000240. The molecule has 0 amide bonds. The maximum Gasteiger partial charge on any atom is 0.337 e. The molecule has 2 aliphatic rings. The number of carbonyl (C=O) groups excluding carboxylic acids is 2. The molecule has 0 aliphatic carbocycles. The van der Waals surface area contributed by atoms with Crippen LogP contribution in [0.3, 0.4) is 0 Å². The molecule has 277 valence electrons. The first-order chi connectivity index (χ1) is 26.5. The fourth-order valence-electron chi connectivity index (χ4n) is 6.79. The van der Waals surface area contributed by atoms with E-state index in [0.29, 0.717) is 11.1 Å². The molecule has 2 aromatic carbocycles. The summed E-state index contributed by atoms with van der Waals surface area (Å²) in [5, 5.41) is 0. The van der Waals surface area contributed by atoms with Crippen molar-refractivity contribution < 1.29 is 48.5 Å². The van der Waals surface area contributed by atoms with Crippen LogP contribution in [0, 0.1) is 0 Å². The topological polar surface area (TPSA) is 136 Å². The number of nitrogens with zero attached hydrogens (tertiary/aromatic N) is 4. The van der Waals surface area contributed by atoms with E-state index in [1.54, 1.807) is 24.3 Å². The minimum Gasteiger partial charge on any atom is -1.00 e. The van der Waals surface area contributed by atoms with Crippen LogP contribution in [0.1, 0.15) is 43.5 Å². The molecule has 9 rings (SSSR count). The molecule has 0 atom stereocenters. The Hall–Kier alpha value is -5.95. The molecule has 7 heterocycles. The van der Waals surface area contributed by atoms with E-state index in [1.807, 2.05) is 96.2 Å². The summed E-state index contributed by atoms with van der Waals surface area (Å²) >= 11 is 3.06. The second-order valence-electron chi connectivity index (χ2n) is 12.4. The van der Waals surface area contributed by atoms with Gasteiger partial charge in [-0.25, -0.2) is 19.6 Å². The molecule has 0 spiro atoms. The van der Waals surface area contributed by atoms with Gasteiger partial charge in [0.2, 0.25) is 0 Å². The molecular weight excluding hydrogens is 807 g/mol. The van der Waals surface area contributed by atoms with Crippen molar-refractivity contribution in [2.75, 3.05) is 14.2 Å². The van der Waals surface area contributed by atoms with Crippen LogP contribution < -0.4 is 12.4 Å². The van der Waals surface area contributed by atoms with Gasteiger partial charge < -0.3 is 31.8 Å². The zero-order valence-corrected chi connectivity index (χ0v) is 33.1. The summed E-state index contributed by atoms with van der Waals surface area (Å²) in [5.74, 6) is -0.808. The van der Waals surface area contributed by atoms with Crippen molar-refractivity contribution in [1.29, 1.82) is 0 Å². The zero-order chi connectivity index (χ0) is 36.8. The number of benzene rings is 2. The number of methoxy groups -OCH3 is 2. The molecule has 1 radical (unpaired) electrons. The fourth-order valence-corrected chi connectivity index (χ4v) is 8.17. The zero-order valence-electron chi connectivity index (χ0n) is 29.5. The van der Waals surface area contributed by atoms with Gasteiger partial charge in [0.25, 0.3) is 0 Å². The Morgan fingerprint density at radius 3 is 1.18 bits per heavy atom. The SMILES string of the molecule is COC(=O)c1ccc(-c2c3nc(c(-c4cncs4)c4ccc([nH]4)c(-c4ccc(C(=O)OC)cc4)c4nc(c(-c5cncs5)c5ccc2[nH]5)C=C4)C=C3)cc1.[Cl-].[Mn]. The Morgan fingerprint density at radius 1 is 0.518 bits per heavy atom. The molecule has 56 heavy (non-hydrogen) atoms. The first-order valence-corrected chi connectivity index (χ1v) is 18.6. The van der Waals surface area contributed by atoms with Gasteiger partial charge in [-0.3, -0.25) is 9.97 Å². The molecule has 0 fully saturated rings. The predicted octanol–water partition coefficient (Wildman–Crippen LogP) is 6.81. The van der Waals surface area contributed by atoms with Gasteiger partial charge in [0.15, 0.2) is 0 Å². The van der Waals surface area contributed by atoms with Crippen molar-refractivity contribution in [3.63, 3.8) is 0 Å². The van der Waals surface area contributed by atoms with Gasteiger partial charge in [0.1, 0.15) is 0 Å². The van der Waals surface area contributed by atoms with E-state index in [9.17, 15) is 9.59 Å². The average Bonchev–Trinajstić information content (AvgIpc) is 4.06. The van der Waals surface area contributed by atoms with E-state index in [2.05, 4.69) is 19.9 Å². The number of aromatic amines is 2. The minimum atomic E-state index is -0.404. The van der Waals surface area contributed by atoms with Crippen molar-refractivity contribution in [3.05, 3.63) is 130 Å². The summed E-state index contributed by atoms with van der Waals surface area (Å²) in [6.07, 6.45) is 11.8. The van der Waals surface area contributed by atoms with Gasteiger partial charge in [-0.15, -0.1) is 22.7 Å². The Bertz CT molecular complexity index is 2630. The second kappa shape index (κ2) is 16.0. The standard InChI is InChI=1S/C42H28N6O4S2.ClH.Mn/c1-51-41(49)25-7-3-23(4-8-25)37-27-11-15-31(45-27)39(35-19-43-21-53-35)33-17-13-29(47-33)38(24-5-9-26(10-6-24)42(50)52-2)30-14-18-34(48-30)40(36-20-44-22-54-36)32-16-12-28(37)46-32;;/h3-22,45,48H,1-2H3;1H;/p-1. The molecule has 8 bridgehead atoms. The van der Waals surface area contributed by atoms with Crippen LogP contribution >= 0.6 is 22.7 Å². The number of thiazole rings is 2. The van der Waals surface area contributed by atoms with Crippen LogP contribution in [0.25, 0.3) is 89.5 Å². The number of esters is 2. The monoisotopic (exact) mass is 834 g/mol. The van der Waals surface area contributed by atoms with E-state index >= 15 is 0 Å². The number of ether oxygens (including phenoxy) is 2. The number of H-pyrrole nitrogens is 2. The van der Waals surface area contributed by atoms with E-state index < -0.39 is 11.9 Å². The minimum absolute atomic E-state index is 0. The molecule has 2 N–H and O–H groups in total. The summed E-state index contributed by atoms with van der Waals surface area (Å²) in [6.45, 7) is 0. The summed E-state index contributed by atoms with van der Waals surface area (Å²) < 4.78 is 9.93. The van der Waals surface area contributed by atoms with Gasteiger partial charge in [0, 0.05) is 73.8 Å². The van der Waals surface area contributed by atoms with Crippen molar-refractivity contribution >= 4 is 81.0 Å². The van der Waals surface area contributed by atoms with Gasteiger partial charge in [0.05, 0.1) is 68.9 Å². The molecule has 0 saturated heterocycles. The normalized spacial score (nSPS) is 11.5. The number of aromatic nitrogens is 6. The largest absolute Gasteiger partial charge is 1.00 e. The van der Waals surface area contributed by atoms with Crippen molar-refractivity contribution in [2.45, 2.75) is 0 Å². The maximum absolute atomic E-state index is 12.3. The van der Waals surface area contributed by atoms with Gasteiger partial charge in [-0.1, -0.05) is 24.3 Å². The number of nitrogens with one attached hydrogen (secondary N) is 2. The van der Waals surface area contributed by atoms with E-state index in [-0.39, 0.29) is 29.5 Å².